The monoisotopic (exact) mass is 346 g/mol. The van der Waals surface area contributed by atoms with E-state index in [-0.39, 0.29) is 0 Å². The average Bonchev–Trinajstić information content (AvgIpc) is 2.61. The van der Waals surface area contributed by atoms with Gasteiger partial charge in [0.2, 0.25) is 0 Å². The molecule has 0 radical (unpaired) electrons. The number of hydrogen-bond donors (Lipinski definition) is 1. The van der Waals surface area contributed by atoms with Crippen LogP contribution in [0.15, 0.2) is 18.2 Å². The number of unbranched alkanes of at least 4 members (excludes halogenated alkanes) is 12. The minimum Gasteiger partial charge on any atom is -0.508 e. The fourth-order valence-corrected chi connectivity index (χ4v) is 3.63. The number of hydrogen-bond acceptors (Lipinski definition) is 1. The van der Waals surface area contributed by atoms with Crippen molar-refractivity contribution >= 4 is 0 Å². The van der Waals surface area contributed by atoms with Crippen LogP contribution in [0, 0.1) is 0 Å². The van der Waals surface area contributed by atoms with Crippen molar-refractivity contribution in [2.24, 2.45) is 0 Å². The van der Waals surface area contributed by atoms with E-state index in [1.165, 1.54) is 107 Å². The number of benzene rings is 1. The molecule has 0 saturated heterocycles. The van der Waals surface area contributed by atoms with Crippen molar-refractivity contribution < 1.29 is 5.11 Å². The van der Waals surface area contributed by atoms with Crippen LogP contribution in [0.2, 0.25) is 0 Å². The molecule has 1 nitrogen and oxygen atoms in total. The minimum atomic E-state index is 0.432. The Hall–Kier alpha value is -0.980. The van der Waals surface area contributed by atoms with Gasteiger partial charge >= 0.3 is 0 Å². The predicted molar refractivity (Wildman–Crippen MR) is 112 cm³/mol. The first-order valence-electron chi connectivity index (χ1n) is 11.1. The molecule has 1 heteroatoms. The molecule has 0 bridgehead atoms. The van der Waals surface area contributed by atoms with Crippen LogP contribution in [-0.2, 0) is 12.8 Å². The number of aryl methyl sites for hydroxylation is 2. The van der Waals surface area contributed by atoms with E-state index >= 15 is 0 Å². The number of phenolic OH excluding ortho intramolecular Hbond substituents is 1. The maximum Gasteiger partial charge on any atom is 0.115 e. The molecule has 1 aromatic rings. The Bertz CT molecular complexity index is 424. The van der Waals surface area contributed by atoms with Crippen LogP contribution in [0.4, 0.5) is 0 Å². The van der Waals surface area contributed by atoms with Gasteiger partial charge in [0.05, 0.1) is 0 Å². The van der Waals surface area contributed by atoms with Crippen LogP contribution in [0.3, 0.4) is 0 Å². The average molecular weight is 347 g/mol. The molecular weight excluding hydrogens is 304 g/mol. The van der Waals surface area contributed by atoms with Crippen LogP contribution in [0.5, 0.6) is 5.75 Å². The van der Waals surface area contributed by atoms with Crippen molar-refractivity contribution in [2.45, 2.75) is 117 Å². The van der Waals surface area contributed by atoms with Crippen LogP contribution in [-0.4, -0.2) is 5.11 Å². The van der Waals surface area contributed by atoms with E-state index < -0.39 is 0 Å². The maximum absolute atomic E-state index is 9.83. The molecule has 0 unspecified atom stereocenters. The molecule has 0 aliphatic heterocycles. The quantitative estimate of drug-likeness (QED) is 0.301. The molecule has 0 aliphatic carbocycles. The highest BCUT2D eigenvalue weighted by atomic mass is 16.3. The van der Waals surface area contributed by atoms with Gasteiger partial charge in [-0.05, 0) is 48.9 Å². The third-order valence-electron chi connectivity index (χ3n) is 5.29. The van der Waals surface area contributed by atoms with Gasteiger partial charge in [-0.25, -0.2) is 0 Å². The topological polar surface area (TPSA) is 20.2 Å². The zero-order chi connectivity index (χ0) is 18.2. The third kappa shape index (κ3) is 11.3. The Morgan fingerprint density at radius 1 is 0.560 bits per heavy atom. The standard InChI is InChI=1S/C24H42O/c1-3-5-7-9-11-13-15-17-22-19-20-24(25)21-23(22)18-16-14-12-10-8-6-4-2/h19-21,25H,3-18H2,1-2H3. The van der Waals surface area contributed by atoms with Crippen molar-refractivity contribution in [2.75, 3.05) is 0 Å². The molecule has 25 heavy (non-hydrogen) atoms. The lowest BCUT2D eigenvalue weighted by molar-refractivity contribution is 0.473. The second kappa shape index (κ2) is 15.3. The largest absolute Gasteiger partial charge is 0.508 e. The molecule has 0 amide bonds. The summed E-state index contributed by atoms with van der Waals surface area (Å²) < 4.78 is 0. The highest BCUT2D eigenvalue weighted by Gasteiger charge is 2.04. The van der Waals surface area contributed by atoms with Gasteiger partial charge in [0.1, 0.15) is 5.75 Å². The first-order valence-corrected chi connectivity index (χ1v) is 11.1. The second-order valence-electron chi connectivity index (χ2n) is 7.70. The van der Waals surface area contributed by atoms with E-state index in [0.717, 1.165) is 6.42 Å². The van der Waals surface area contributed by atoms with Gasteiger partial charge in [-0.1, -0.05) is 97.0 Å². The molecule has 0 fully saturated rings. The molecule has 0 saturated carbocycles. The molecule has 1 rings (SSSR count). The highest BCUT2D eigenvalue weighted by molar-refractivity contribution is 5.35. The SMILES string of the molecule is CCCCCCCCCc1ccc(O)cc1CCCCCCCCC. The molecule has 1 N–H and O–H groups in total. The van der Waals surface area contributed by atoms with Gasteiger partial charge in [0, 0.05) is 0 Å². The Morgan fingerprint density at radius 2 is 1.00 bits per heavy atom. The van der Waals surface area contributed by atoms with E-state index in [2.05, 4.69) is 19.9 Å². The molecule has 144 valence electrons. The first-order chi connectivity index (χ1) is 12.3. The summed E-state index contributed by atoms with van der Waals surface area (Å²) in [5.74, 6) is 0.432. The predicted octanol–water partition coefficient (Wildman–Crippen LogP) is 7.98. The molecule has 0 aromatic heterocycles. The highest BCUT2D eigenvalue weighted by Crippen LogP contribution is 2.22. The Morgan fingerprint density at radius 3 is 1.52 bits per heavy atom. The summed E-state index contributed by atoms with van der Waals surface area (Å²) in [7, 11) is 0. The third-order valence-corrected chi connectivity index (χ3v) is 5.29. The summed E-state index contributed by atoms with van der Waals surface area (Å²) in [5, 5.41) is 9.83. The van der Waals surface area contributed by atoms with Crippen molar-refractivity contribution in [3.05, 3.63) is 29.3 Å². The summed E-state index contributed by atoms with van der Waals surface area (Å²) >= 11 is 0. The summed E-state index contributed by atoms with van der Waals surface area (Å²) in [4.78, 5) is 0. The fourth-order valence-electron chi connectivity index (χ4n) is 3.63. The molecule has 0 aliphatic rings. The van der Waals surface area contributed by atoms with Crippen LogP contribution < -0.4 is 0 Å². The van der Waals surface area contributed by atoms with E-state index in [1.807, 2.05) is 12.1 Å². The van der Waals surface area contributed by atoms with Crippen LogP contribution >= 0.6 is 0 Å². The van der Waals surface area contributed by atoms with Gasteiger partial charge in [-0.3, -0.25) is 0 Å². The van der Waals surface area contributed by atoms with Crippen molar-refractivity contribution in [3.63, 3.8) is 0 Å². The Kier molecular flexibility index (Phi) is 13.5. The van der Waals surface area contributed by atoms with Crippen molar-refractivity contribution in [1.82, 2.24) is 0 Å². The molecule has 0 heterocycles. The fraction of sp³-hybridized carbons (Fsp3) is 0.750. The van der Waals surface area contributed by atoms with Crippen molar-refractivity contribution in [1.29, 1.82) is 0 Å². The summed E-state index contributed by atoms with van der Waals surface area (Å²) in [5.41, 5.74) is 2.86. The number of phenols is 1. The number of aromatic hydroxyl groups is 1. The van der Waals surface area contributed by atoms with Crippen LogP contribution in [0.25, 0.3) is 0 Å². The number of rotatable bonds is 16. The lowest BCUT2D eigenvalue weighted by Gasteiger charge is -2.11. The smallest absolute Gasteiger partial charge is 0.115 e. The minimum absolute atomic E-state index is 0.432. The zero-order valence-electron chi connectivity index (χ0n) is 17.0. The lowest BCUT2D eigenvalue weighted by Crippen LogP contribution is -1.96. The second-order valence-corrected chi connectivity index (χ2v) is 7.70. The van der Waals surface area contributed by atoms with E-state index in [4.69, 9.17) is 0 Å². The molecule has 0 spiro atoms. The Labute approximate surface area is 157 Å². The molecule has 1 aromatic carbocycles. The van der Waals surface area contributed by atoms with Gasteiger partial charge < -0.3 is 5.11 Å². The summed E-state index contributed by atoms with van der Waals surface area (Å²) in [6.07, 6.45) is 21.3. The van der Waals surface area contributed by atoms with Gasteiger partial charge in [0.25, 0.3) is 0 Å². The summed E-state index contributed by atoms with van der Waals surface area (Å²) in [6, 6.07) is 6.03. The van der Waals surface area contributed by atoms with Crippen LogP contribution in [0.1, 0.15) is 115 Å². The molecular formula is C24H42O. The Balaban J connectivity index is 2.25. The summed E-state index contributed by atoms with van der Waals surface area (Å²) in [6.45, 7) is 4.55. The van der Waals surface area contributed by atoms with Gasteiger partial charge in [0.15, 0.2) is 0 Å². The first kappa shape index (κ1) is 22.1. The molecule has 0 atom stereocenters. The van der Waals surface area contributed by atoms with E-state index in [9.17, 15) is 5.11 Å². The maximum atomic E-state index is 9.83. The van der Waals surface area contributed by atoms with Gasteiger partial charge in [-0.15, -0.1) is 0 Å². The van der Waals surface area contributed by atoms with E-state index in [1.54, 1.807) is 0 Å². The lowest BCUT2D eigenvalue weighted by atomic mass is 9.96. The van der Waals surface area contributed by atoms with Crippen molar-refractivity contribution in [3.8, 4) is 5.75 Å². The zero-order valence-corrected chi connectivity index (χ0v) is 17.0. The van der Waals surface area contributed by atoms with E-state index in [0.29, 0.717) is 5.75 Å². The normalized spacial score (nSPS) is 11.1. The van der Waals surface area contributed by atoms with Gasteiger partial charge in [-0.2, -0.15) is 0 Å².